The van der Waals surface area contributed by atoms with Crippen molar-refractivity contribution in [1.82, 2.24) is 20.4 Å². The van der Waals surface area contributed by atoms with E-state index in [-0.39, 0.29) is 16.3 Å². The van der Waals surface area contributed by atoms with Crippen LogP contribution in [0.15, 0.2) is 58.3 Å². The van der Waals surface area contributed by atoms with E-state index >= 15 is 0 Å². The molecule has 1 N–H and O–H groups in total. The van der Waals surface area contributed by atoms with Crippen molar-refractivity contribution in [3.05, 3.63) is 76.6 Å². The summed E-state index contributed by atoms with van der Waals surface area (Å²) < 4.78 is 81.2. The lowest BCUT2D eigenvalue weighted by Gasteiger charge is -2.12. The molecule has 14 heteroatoms. The van der Waals surface area contributed by atoms with Gasteiger partial charge in [0.05, 0.1) is 35.1 Å². The molecule has 2 aromatic carbocycles. The summed E-state index contributed by atoms with van der Waals surface area (Å²) in [5, 5.41) is 10.7. The van der Waals surface area contributed by atoms with Crippen LogP contribution < -0.4 is 5.43 Å². The summed E-state index contributed by atoms with van der Waals surface area (Å²) in [6, 6.07) is 7.88. The average Bonchev–Trinajstić information content (AvgIpc) is 3.44. The van der Waals surface area contributed by atoms with E-state index in [4.69, 9.17) is 16.1 Å². The van der Waals surface area contributed by atoms with Crippen LogP contribution in [-0.4, -0.2) is 34.4 Å². The molecule has 8 nitrogen and oxygen atoms in total. The SMILES string of the molecule is CO/C=N/NC(=O)c1c(-c2c(F)cccc2Cl)noc1-c1cnn(-c2cccc(F)c2)c1C(F)(F)F. The average molecular weight is 526 g/mol. The Morgan fingerprint density at radius 2 is 1.97 bits per heavy atom. The highest BCUT2D eigenvalue weighted by Crippen LogP contribution is 2.42. The van der Waals surface area contributed by atoms with Crippen molar-refractivity contribution in [3.63, 3.8) is 0 Å². The molecule has 0 atom stereocenters. The largest absolute Gasteiger partial charge is 0.485 e. The molecule has 4 rings (SSSR count). The third-order valence-corrected chi connectivity index (χ3v) is 5.09. The lowest BCUT2D eigenvalue weighted by atomic mass is 10.0. The molecule has 186 valence electrons. The number of methoxy groups -OCH3 is 1. The Morgan fingerprint density at radius 3 is 2.64 bits per heavy atom. The number of halogens is 6. The molecule has 1 amide bonds. The fourth-order valence-corrected chi connectivity index (χ4v) is 3.62. The zero-order valence-corrected chi connectivity index (χ0v) is 18.7. The number of ether oxygens (including phenoxy) is 1. The van der Waals surface area contributed by atoms with Gasteiger partial charge in [-0.05, 0) is 30.3 Å². The van der Waals surface area contributed by atoms with Gasteiger partial charge in [-0.25, -0.2) is 18.9 Å². The molecule has 0 saturated carbocycles. The maximum absolute atomic E-state index is 14.7. The number of nitrogens with zero attached hydrogens (tertiary/aromatic N) is 4. The van der Waals surface area contributed by atoms with Crippen LogP contribution >= 0.6 is 11.6 Å². The molecule has 0 saturated heterocycles. The first-order valence-electron chi connectivity index (χ1n) is 9.83. The van der Waals surface area contributed by atoms with Gasteiger partial charge in [0.2, 0.25) is 0 Å². The highest BCUT2D eigenvalue weighted by molar-refractivity contribution is 6.33. The fraction of sp³-hybridized carbons (Fsp3) is 0.0909. The van der Waals surface area contributed by atoms with E-state index < -0.39 is 52.0 Å². The number of hydrogen-bond acceptors (Lipinski definition) is 6. The lowest BCUT2D eigenvalue weighted by Crippen LogP contribution is -2.20. The zero-order chi connectivity index (χ0) is 26.0. The summed E-state index contributed by atoms with van der Waals surface area (Å²) in [5.41, 5.74) is -1.82. The van der Waals surface area contributed by atoms with Crippen molar-refractivity contribution in [2.24, 2.45) is 5.10 Å². The normalized spacial score (nSPS) is 11.8. The molecule has 0 aliphatic carbocycles. The van der Waals surface area contributed by atoms with Crippen molar-refractivity contribution in [1.29, 1.82) is 0 Å². The Hall–Kier alpha value is -4.26. The number of aromatic nitrogens is 3. The van der Waals surface area contributed by atoms with Gasteiger partial charge in [0.1, 0.15) is 22.9 Å². The minimum absolute atomic E-state index is 0.184. The van der Waals surface area contributed by atoms with Crippen molar-refractivity contribution in [3.8, 4) is 28.3 Å². The number of alkyl halides is 3. The molecule has 0 unspecified atom stereocenters. The van der Waals surface area contributed by atoms with E-state index in [1.807, 2.05) is 5.43 Å². The van der Waals surface area contributed by atoms with E-state index in [9.17, 15) is 26.7 Å². The van der Waals surface area contributed by atoms with Crippen molar-refractivity contribution in [2.75, 3.05) is 7.11 Å². The van der Waals surface area contributed by atoms with E-state index in [1.165, 1.54) is 31.4 Å². The number of rotatable bonds is 6. The third-order valence-electron chi connectivity index (χ3n) is 4.78. The first-order valence-corrected chi connectivity index (χ1v) is 10.2. The molecule has 0 bridgehead atoms. The summed E-state index contributed by atoms with van der Waals surface area (Å²) in [5.74, 6) is -3.53. The van der Waals surface area contributed by atoms with E-state index in [0.29, 0.717) is 4.68 Å². The molecule has 4 aromatic rings. The third kappa shape index (κ3) is 4.64. The summed E-state index contributed by atoms with van der Waals surface area (Å²) in [6.45, 7) is 0. The van der Waals surface area contributed by atoms with Gasteiger partial charge in [-0.1, -0.05) is 28.9 Å². The maximum Gasteiger partial charge on any atom is 0.434 e. The van der Waals surface area contributed by atoms with Gasteiger partial charge < -0.3 is 9.26 Å². The van der Waals surface area contributed by atoms with Gasteiger partial charge in [-0.15, -0.1) is 5.10 Å². The Labute approximate surface area is 203 Å². The van der Waals surface area contributed by atoms with E-state index in [0.717, 1.165) is 30.8 Å². The first kappa shape index (κ1) is 24.9. The molecular formula is C22H13ClF5N5O3. The minimum atomic E-state index is -5.05. The second-order valence-corrected chi connectivity index (χ2v) is 7.45. The summed E-state index contributed by atoms with van der Waals surface area (Å²) in [7, 11) is 1.24. The van der Waals surface area contributed by atoms with Crippen LogP contribution in [0.3, 0.4) is 0 Å². The molecule has 2 aromatic heterocycles. The summed E-state index contributed by atoms with van der Waals surface area (Å²) in [4.78, 5) is 13.0. The highest BCUT2D eigenvalue weighted by atomic mass is 35.5. The van der Waals surface area contributed by atoms with Crippen molar-refractivity contribution in [2.45, 2.75) is 6.18 Å². The number of hydrogen-bond donors (Lipinski definition) is 1. The predicted molar refractivity (Wildman–Crippen MR) is 117 cm³/mol. The second kappa shape index (κ2) is 9.77. The Kier molecular flexibility index (Phi) is 6.75. The minimum Gasteiger partial charge on any atom is -0.485 e. The highest BCUT2D eigenvalue weighted by Gasteiger charge is 2.42. The number of amides is 1. The van der Waals surface area contributed by atoms with Crippen LogP contribution in [0.5, 0.6) is 0 Å². The van der Waals surface area contributed by atoms with Gasteiger partial charge in [-0.2, -0.15) is 18.3 Å². The van der Waals surface area contributed by atoms with Crippen molar-refractivity contribution < 1.29 is 36.0 Å². The smallest absolute Gasteiger partial charge is 0.434 e. The maximum atomic E-state index is 14.7. The van der Waals surface area contributed by atoms with E-state index in [1.54, 1.807) is 0 Å². The van der Waals surface area contributed by atoms with Crippen molar-refractivity contribution >= 4 is 23.9 Å². The number of benzene rings is 2. The molecular weight excluding hydrogens is 513 g/mol. The Morgan fingerprint density at radius 1 is 1.22 bits per heavy atom. The zero-order valence-electron chi connectivity index (χ0n) is 18.0. The quantitative estimate of drug-likeness (QED) is 0.156. The van der Waals surface area contributed by atoms with E-state index in [2.05, 4.69) is 20.1 Å². The van der Waals surface area contributed by atoms with Crippen LogP contribution in [0.1, 0.15) is 16.1 Å². The molecule has 0 fully saturated rings. The molecule has 0 spiro atoms. The summed E-state index contributed by atoms with van der Waals surface area (Å²) in [6.07, 6.45) is -3.46. The van der Waals surface area contributed by atoms with Gasteiger partial charge in [0.25, 0.3) is 5.91 Å². The number of carbonyl (C=O) groups is 1. The Bertz CT molecular complexity index is 1440. The number of nitrogens with one attached hydrogen (secondary N) is 1. The van der Waals surface area contributed by atoms with Crippen LogP contribution in [-0.2, 0) is 10.9 Å². The molecule has 0 aliphatic rings. The topological polar surface area (TPSA) is 94.5 Å². The Balaban J connectivity index is 1.99. The predicted octanol–water partition coefficient (Wildman–Crippen LogP) is 5.46. The monoisotopic (exact) mass is 525 g/mol. The van der Waals surface area contributed by atoms with Crippen LogP contribution in [0, 0.1) is 11.6 Å². The number of hydrazone groups is 1. The van der Waals surface area contributed by atoms with Crippen LogP contribution in [0.2, 0.25) is 5.02 Å². The lowest BCUT2D eigenvalue weighted by molar-refractivity contribution is -0.142. The van der Waals surface area contributed by atoms with Crippen LogP contribution in [0.25, 0.3) is 28.3 Å². The molecule has 0 radical (unpaired) electrons. The first-order chi connectivity index (χ1) is 17.1. The molecule has 36 heavy (non-hydrogen) atoms. The van der Waals surface area contributed by atoms with Crippen LogP contribution in [0.4, 0.5) is 22.0 Å². The van der Waals surface area contributed by atoms with Gasteiger partial charge in [0, 0.05) is 0 Å². The van der Waals surface area contributed by atoms with Gasteiger partial charge >= 0.3 is 6.18 Å². The van der Waals surface area contributed by atoms with Gasteiger partial charge in [-0.3, -0.25) is 4.79 Å². The van der Waals surface area contributed by atoms with Gasteiger partial charge in [0.15, 0.2) is 17.9 Å². The molecule has 2 heterocycles. The molecule has 0 aliphatic heterocycles. The second-order valence-electron chi connectivity index (χ2n) is 7.04. The number of carbonyl (C=O) groups excluding carboxylic acids is 1. The fourth-order valence-electron chi connectivity index (χ4n) is 3.36. The summed E-state index contributed by atoms with van der Waals surface area (Å²) >= 11 is 6.09. The standard InChI is InChI=1S/C22H13ClF5N5O3/c1-35-10-29-31-21(34)17-18(16-14(23)6-3-7-15(16)25)32-36-19(17)13-9-30-33(20(13)22(26,27)28)12-5-2-4-11(24)8-12/h2-10H,1H3,(H,31,34)/b29-10+.